The molecule has 1 rings (SSSR count). The van der Waals surface area contributed by atoms with E-state index in [0.29, 0.717) is 19.6 Å². The smallest absolute Gasteiger partial charge is 0.319 e. The third-order valence-corrected chi connectivity index (χ3v) is 4.53. The summed E-state index contributed by atoms with van der Waals surface area (Å²) in [7, 11) is 1.39. The van der Waals surface area contributed by atoms with Crippen LogP contribution in [0.25, 0.3) is 0 Å². The molecule has 1 saturated heterocycles. The van der Waals surface area contributed by atoms with Gasteiger partial charge in [0.1, 0.15) is 0 Å². The maximum Gasteiger partial charge on any atom is 0.319 e. The first kappa shape index (κ1) is 15.4. The van der Waals surface area contributed by atoms with Crippen molar-refractivity contribution < 1.29 is 14.3 Å². The Morgan fingerprint density at radius 3 is 2.22 bits per heavy atom. The summed E-state index contributed by atoms with van der Waals surface area (Å²) in [5.41, 5.74) is 0. The van der Waals surface area contributed by atoms with Gasteiger partial charge < -0.3 is 9.64 Å². The van der Waals surface area contributed by atoms with Gasteiger partial charge in [-0.25, -0.2) is 0 Å². The fourth-order valence-electron chi connectivity index (χ4n) is 1.83. The lowest BCUT2D eigenvalue weighted by Gasteiger charge is -2.35. The molecule has 0 aromatic carbocycles. The monoisotopic (exact) mass is 320 g/mol. The average molecular weight is 321 g/mol. The lowest BCUT2D eigenvalue weighted by atomic mass is 10.1. The van der Waals surface area contributed by atoms with Crippen LogP contribution in [0.2, 0.25) is 0 Å². The number of hydrogen-bond acceptors (Lipinski definition) is 4. The van der Waals surface area contributed by atoms with Gasteiger partial charge in [0.25, 0.3) is 0 Å². The van der Waals surface area contributed by atoms with Crippen molar-refractivity contribution in [3.8, 4) is 0 Å². The number of methoxy groups -OCH3 is 1. The zero-order chi connectivity index (χ0) is 13.7. The van der Waals surface area contributed by atoms with Crippen molar-refractivity contribution in [2.45, 2.75) is 18.7 Å². The first-order valence-corrected chi connectivity index (χ1v) is 7.09. The lowest BCUT2D eigenvalue weighted by molar-refractivity contribution is -0.142. The van der Waals surface area contributed by atoms with Crippen molar-refractivity contribution in [1.82, 2.24) is 9.80 Å². The molecule has 104 valence electrons. The minimum Gasteiger partial charge on any atom is -0.468 e. The van der Waals surface area contributed by atoms with Gasteiger partial charge in [-0.2, -0.15) is 0 Å². The molecule has 0 saturated carbocycles. The Morgan fingerprint density at radius 1 is 1.22 bits per heavy atom. The molecule has 0 spiro atoms. The maximum atomic E-state index is 12.1. The summed E-state index contributed by atoms with van der Waals surface area (Å²) in [6, 6.07) is 0. The fraction of sp³-hybridized carbons (Fsp3) is 0.833. The third-order valence-electron chi connectivity index (χ3n) is 3.09. The molecule has 0 aliphatic carbocycles. The fourth-order valence-corrected chi connectivity index (χ4v) is 2.12. The molecule has 6 heteroatoms. The number of piperazine rings is 1. The second-order valence-corrected chi connectivity index (χ2v) is 5.81. The molecule has 18 heavy (non-hydrogen) atoms. The van der Waals surface area contributed by atoms with Crippen LogP contribution in [0.3, 0.4) is 0 Å². The highest BCUT2D eigenvalue weighted by Crippen LogP contribution is 2.16. The van der Waals surface area contributed by atoms with E-state index in [1.54, 1.807) is 0 Å². The van der Waals surface area contributed by atoms with Gasteiger partial charge in [-0.15, -0.1) is 0 Å². The van der Waals surface area contributed by atoms with Gasteiger partial charge in [0.15, 0.2) is 0 Å². The molecule has 5 nitrogen and oxygen atoms in total. The molecule has 0 radical (unpaired) electrons. The van der Waals surface area contributed by atoms with E-state index in [4.69, 9.17) is 0 Å². The summed E-state index contributed by atoms with van der Waals surface area (Å²) in [5, 5.41) is 0. The second-order valence-electron chi connectivity index (χ2n) is 4.82. The van der Waals surface area contributed by atoms with E-state index in [-0.39, 0.29) is 22.6 Å². The standard InChI is InChI=1S/C12H21BrN2O3/c1-9(2)11(13)12(17)15-6-4-14(5-7-15)8-10(16)18-3/h9,11H,4-8H2,1-3H3. The van der Waals surface area contributed by atoms with Crippen LogP contribution in [-0.4, -0.2) is 66.3 Å². The molecule has 1 unspecified atom stereocenters. The number of alkyl halides is 1. The van der Waals surface area contributed by atoms with Crippen LogP contribution in [-0.2, 0) is 14.3 Å². The van der Waals surface area contributed by atoms with Gasteiger partial charge in [-0.1, -0.05) is 29.8 Å². The summed E-state index contributed by atoms with van der Waals surface area (Å²) in [4.78, 5) is 27.0. The molecule has 1 atom stereocenters. The highest BCUT2D eigenvalue weighted by atomic mass is 79.9. The number of amides is 1. The van der Waals surface area contributed by atoms with Crippen LogP contribution in [0.15, 0.2) is 0 Å². The van der Waals surface area contributed by atoms with Crippen LogP contribution in [0.5, 0.6) is 0 Å². The number of esters is 1. The third kappa shape index (κ3) is 4.24. The van der Waals surface area contributed by atoms with Crippen molar-refractivity contribution >= 4 is 27.8 Å². The van der Waals surface area contributed by atoms with Gasteiger partial charge in [0.05, 0.1) is 18.5 Å². The van der Waals surface area contributed by atoms with Gasteiger partial charge in [0, 0.05) is 26.2 Å². The molecule has 1 amide bonds. The van der Waals surface area contributed by atoms with E-state index >= 15 is 0 Å². The number of hydrogen-bond donors (Lipinski definition) is 0. The lowest BCUT2D eigenvalue weighted by Crippen LogP contribution is -2.52. The van der Waals surface area contributed by atoms with Crippen molar-refractivity contribution in [1.29, 1.82) is 0 Å². The zero-order valence-corrected chi connectivity index (χ0v) is 12.8. The highest BCUT2D eigenvalue weighted by molar-refractivity contribution is 9.10. The number of carbonyl (C=O) groups excluding carboxylic acids is 2. The molecule has 0 bridgehead atoms. The van der Waals surface area contributed by atoms with Gasteiger partial charge in [-0.05, 0) is 5.92 Å². The summed E-state index contributed by atoms with van der Waals surface area (Å²) in [5.74, 6) is 0.198. The number of ether oxygens (including phenoxy) is 1. The first-order valence-electron chi connectivity index (χ1n) is 6.17. The minimum atomic E-state index is -0.227. The molecule has 1 heterocycles. The van der Waals surface area contributed by atoms with Crippen molar-refractivity contribution in [2.75, 3.05) is 39.8 Å². The second kappa shape index (κ2) is 7.09. The Kier molecular flexibility index (Phi) is 6.08. The number of nitrogens with zero attached hydrogens (tertiary/aromatic N) is 2. The molecular formula is C12H21BrN2O3. The Bertz CT molecular complexity index is 302. The SMILES string of the molecule is COC(=O)CN1CCN(C(=O)C(Br)C(C)C)CC1. The van der Waals surface area contributed by atoms with E-state index < -0.39 is 0 Å². The first-order chi connectivity index (χ1) is 8.45. The quantitative estimate of drug-likeness (QED) is 0.566. The number of rotatable bonds is 4. The van der Waals surface area contributed by atoms with Crippen LogP contribution >= 0.6 is 15.9 Å². The Balaban J connectivity index is 2.39. The van der Waals surface area contributed by atoms with E-state index in [1.165, 1.54) is 7.11 Å². The van der Waals surface area contributed by atoms with Gasteiger partial charge in [0.2, 0.25) is 5.91 Å². The molecule has 1 aliphatic heterocycles. The summed E-state index contributed by atoms with van der Waals surface area (Å²) in [6.45, 7) is 7.13. The highest BCUT2D eigenvalue weighted by Gasteiger charge is 2.28. The largest absolute Gasteiger partial charge is 0.468 e. The zero-order valence-electron chi connectivity index (χ0n) is 11.2. The predicted molar refractivity (Wildman–Crippen MR) is 72.6 cm³/mol. The summed E-state index contributed by atoms with van der Waals surface area (Å²) >= 11 is 3.43. The maximum absolute atomic E-state index is 12.1. The van der Waals surface area contributed by atoms with Gasteiger partial charge >= 0.3 is 5.97 Å². The molecule has 0 aromatic heterocycles. The summed E-state index contributed by atoms with van der Waals surface area (Å²) in [6.07, 6.45) is 0. The van der Waals surface area contributed by atoms with E-state index in [9.17, 15) is 9.59 Å². The van der Waals surface area contributed by atoms with E-state index in [0.717, 1.165) is 13.1 Å². The van der Waals surface area contributed by atoms with Crippen LogP contribution < -0.4 is 0 Å². The average Bonchev–Trinajstić information content (AvgIpc) is 2.37. The molecule has 0 N–H and O–H groups in total. The van der Waals surface area contributed by atoms with E-state index in [2.05, 4.69) is 20.7 Å². The van der Waals surface area contributed by atoms with Crippen LogP contribution in [0, 0.1) is 5.92 Å². The Labute approximate surface area is 117 Å². The minimum absolute atomic E-state index is 0.121. The predicted octanol–water partition coefficient (Wildman–Crippen LogP) is 0.723. The van der Waals surface area contributed by atoms with Crippen LogP contribution in [0.4, 0.5) is 0 Å². The van der Waals surface area contributed by atoms with Crippen molar-refractivity contribution in [3.63, 3.8) is 0 Å². The van der Waals surface area contributed by atoms with Crippen molar-refractivity contribution in [3.05, 3.63) is 0 Å². The molecular weight excluding hydrogens is 300 g/mol. The topological polar surface area (TPSA) is 49.9 Å². The number of carbonyl (C=O) groups is 2. The van der Waals surface area contributed by atoms with E-state index in [1.807, 2.05) is 23.6 Å². The van der Waals surface area contributed by atoms with Crippen LogP contribution in [0.1, 0.15) is 13.8 Å². The molecule has 1 aliphatic rings. The van der Waals surface area contributed by atoms with Gasteiger partial charge in [-0.3, -0.25) is 14.5 Å². The van der Waals surface area contributed by atoms with Crippen molar-refractivity contribution in [2.24, 2.45) is 5.92 Å². The number of halogens is 1. The Hall–Kier alpha value is -0.620. The normalized spacial score (nSPS) is 18.8. The molecule has 1 fully saturated rings. The Morgan fingerprint density at radius 2 is 1.78 bits per heavy atom. The summed E-state index contributed by atoms with van der Waals surface area (Å²) < 4.78 is 4.63. The molecule has 0 aromatic rings.